The molecule has 0 bridgehead atoms. The number of rotatable bonds is 8. The fraction of sp³-hybridized carbons (Fsp3) is 0.667. The first-order valence-corrected chi connectivity index (χ1v) is 7.77. The summed E-state index contributed by atoms with van der Waals surface area (Å²) in [7, 11) is 0. The Morgan fingerprint density at radius 1 is 1.05 bits per heavy atom. The highest BCUT2D eigenvalue weighted by Crippen LogP contribution is 2.27. The molecule has 1 atom stereocenters. The summed E-state index contributed by atoms with van der Waals surface area (Å²) in [6, 6.07) is 10.1. The van der Waals surface area contributed by atoms with E-state index in [1.54, 1.807) is 0 Å². The second-order valence-corrected chi connectivity index (χ2v) is 7.03. The van der Waals surface area contributed by atoms with Gasteiger partial charge in [0.25, 0.3) is 0 Å². The van der Waals surface area contributed by atoms with Gasteiger partial charge in [0.1, 0.15) is 5.75 Å². The van der Waals surface area contributed by atoms with Crippen LogP contribution < -0.4 is 10.1 Å². The van der Waals surface area contributed by atoms with Crippen molar-refractivity contribution < 1.29 is 4.74 Å². The van der Waals surface area contributed by atoms with Gasteiger partial charge in [0.2, 0.25) is 0 Å². The van der Waals surface area contributed by atoms with Crippen molar-refractivity contribution in [3.05, 3.63) is 30.3 Å². The number of benzene rings is 1. The average molecular weight is 277 g/mol. The van der Waals surface area contributed by atoms with Crippen LogP contribution in [0, 0.1) is 5.41 Å². The molecule has 0 aromatic heterocycles. The maximum Gasteiger partial charge on any atom is 0.119 e. The van der Waals surface area contributed by atoms with Crippen LogP contribution in [-0.2, 0) is 0 Å². The Hall–Kier alpha value is -1.02. The Morgan fingerprint density at radius 3 is 2.25 bits per heavy atom. The van der Waals surface area contributed by atoms with E-state index in [0.29, 0.717) is 5.41 Å². The second-order valence-electron chi connectivity index (χ2n) is 7.03. The van der Waals surface area contributed by atoms with Crippen molar-refractivity contribution in [2.24, 2.45) is 5.41 Å². The largest absolute Gasteiger partial charge is 0.494 e. The van der Waals surface area contributed by atoms with Crippen LogP contribution in [0.3, 0.4) is 0 Å². The van der Waals surface area contributed by atoms with E-state index in [1.807, 2.05) is 30.3 Å². The number of nitrogens with one attached hydrogen (secondary N) is 1. The maximum absolute atomic E-state index is 5.77. The molecule has 1 unspecified atom stereocenters. The zero-order valence-electron chi connectivity index (χ0n) is 13.8. The molecule has 0 aliphatic carbocycles. The van der Waals surface area contributed by atoms with Gasteiger partial charge in [0.15, 0.2) is 0 Å². The molecule has 114 valence electrons. The summed E-state index contributed by atoms with van der Waals surface area (Å²) in [5, 5.41) is 3.63. The van der Waals surface area contributed by atoms with Crippen LogP contribution >= 0.6 is 0 Å². The molecular formula is C18H31NO. The number of ether oxygens (including phenoxy) is 1. The monoisotopic (exact) mass is 277 g/mol. The second kappa shape index (κ2) is 7.68. The minimum atomic E-state index is 0.191. The van der Waals surface area contributed by atoms with Crippen molar-refractivity contribution in [2.45, 2.75) is 59.4 Å². The molecule has 0 aliphatic heterocycles. The molecule has 0 radical (unpaired) electrons. The first kappa shape index (κ1) is 17.0. The average Bonchev–Trinajstić information content (AvgIpc) is 2.42. The van der Waals surface area contributed by atoms with E-state index in [1.165, 1.54) is 12.8 Å². The van der Waals surface area contributed by atoms with Crippen molar-refractivity contribution in [1.82, 2.24) is 5.32 Å². The quantitative estimate of drug-likeness (QED) is 0.698. The van der Waals surface area contributed by atoms with E-state index in [9.17, 15) is 0 Å². The standard InChI is InChI=1S/C18H31NO/c1-6-18(5,15-19-17(2,3)4)13-10-14-20-16-11-8-7-9-12-16/h7-9,11-12,19H,6,10,13-15H2,1-5H3. The Labute approximate surface area is 124 Å². The summed E-state index contributed by atoms with van der Waals surface area (Å²) >= 11 is 0. The lowest BCUT2D eigenvalue weighted by Crippen LogP contribution is -2.42. The van der Waals surface area contributed by atoms with Gasteiger partial charge in [-0.3, -0.25) is 0 Å². The lowest BCUT2D eigenvalue weighted by molar-refractivity contribution is 0.210. The molecule has 2 heteroatoms. The highest BCUT2D eigenvalue weighted by atomic mass is 16.5. The zero-order valence-corrected chi connectivity index (χ0v) is 13.8. The van der Waals surface area contributed by atoms with E-state index in [2.05, 4.69) is 39.9 Å². The van der Waals surface area contributed by atoms with Crippen molar-refractivity contribution in [1.29, 1.82) is 0 Å². The van der Waals surface area contributed by atoms with E-state index in [0.717, 1.165) is 25.3 Å². The smallest absolute Gasteiger partial charge is 0.119 e. The first-order valence-electron chi connectivity index (χ1n) is 7.77. The van der Waals surface area contributed by atoms with E-state index in [4.69, 9.17) is 4.74 Å². The lowest BCUT2D eigenvalue weighted by atomic mass is 9.82. The van der Waals surface area contributed by atoms with Gasteiger partial charge in [-0.1, -0.05) is 32.0 Å². The van der Waals surface area contributed by atoms with Crippen LogP contribution in [0.4, 0.5) is 0 Å². The third kappa shape index (κ3) is 6.95. The van der Waals surface area contributed by atoms with Crippen molar-refractivity contribution in [3.8, 4) is 5.75 Å². The van der Waals surface area contributed by atoms with Crippen LogP contribution in [0.15, 0.2) is 30.3 Å². The number of hydrogen-bond donors (Lipinski definition) is 1. The van der Waals surface area contributed by atoms with Gasteiger partial charge in [-0.2, -0.15) is 0 Å². The Balaban J connectivity index is 2.30. The molecular weight excluding hydrogens is 246 g/mol. The molecule has 0 spiro atoms. The Kier molecular flexibility index (Phi) is 6.54. The molecule has 2 nitrogen and oxygen atoms in total. The molecule has 20 heavy (non-hydrogen) atoms. The number of para-hydroxylation sites is 1. The molecule has 0 saturated heterocycles. The molecule has 0 saturated carbocycles. The Bertz CT molecular complexity index is 369. The van der Waals surface area contributed by atoms with Crippen LogP contribution in [0.1, 0.15) is 53.9 Å². The fourth-order valence-electron chi connectivity index (χ4n) is 2.07. The molecule has 0 fully saturated rings. The van der Waals surface area contributed by atoms with E-state index >= 15 is 0 Å². The van der Waals surface area contributed by atoms with Gasteiger partial charge in [-0.15, -0.1) is 0 Å². The summed E-state index contributed by atoms with van der Waals surface area (Å²) < 4.78 is 5.77. The summed E-state index contributed by atoms with van der Waals surface area (Å²) in [5.41, 5.74) is 0.546. The topological polar surface area (TPSA) is 21.3 Å². The normalized spacial score (nSPS) is 14.8. The predicted octanol–water partition coefficient (Wildman–Crippen LogP) is 4.65. The molecule has 1 aromatic carbocycles. The van der Waals surface area contributed by atoms with Crippen molar-refractivity contribution >= 4 is 0 Å². The van der Waals surface area contributed by atoms with Crippen LogP contribution in [0.5, 0.6) is 5.75 Å². The highest BCUT2D eigenvalue weighted by Gasteiger charge is 2.23. The molecule has 1 aromatic rings. The summed E-state index contributed by atoms with van der Waals surface area (Å²) in [6.45, 7) is 13.2. The van der Waals surface area contributed by atoms with Crippen molar-refractivity contribution in [2.75, 3.05) is 13.2 Å². The minimum absolute atomic E-state index is 0.191. The summed E-state index contributed by atoms with van der Waals surface area (Å²) in [6.07, 6.45) is 3.49. The van der Waals surface area contributed by atoms with Crippen molar-refractivity contribution in [3.63, 3.8) is 0 Å². The van der Waals surface area contributed by atoms with Gasteiger partial charge in [0.05, 0.1) is 6.61 Å². The highest BCUT2D eigenvalue weighted by molar-refractivity contribution is 5.20. The van der Waals surface area contributed by atoms with E-state index < -0.39 is 0 Å². The third-order valence-corrected chi connectivity index (χ3v) is 3.84. The maximum atomic E-state index is 5.77. The molecule has 0 amide bonds. The van der Waals surface area contributed by atoms with Crippen LogP contribution in [0.2, 0.25) is 0 Å². The van der Waals surface area contributed by atoms with Gasteiger partial charge >= 0.3 is 0 Å². The van der Waals surface area contributed by atoms with Crippen LogP contribution in [-0.4, -0.2) is 18.7 Å². The molecule has 0 heterocycles. The van der Waals surface area contributed by atoms with Gasteiger partial charge in [-0.25, -0.2) is 0 Å². The Morgan fingerprint density at radius 2 is 1.70 bits per heavy atom. The van der Waals surface area contributed by atoms with Gasteiger partial charge in [0, 0.05) is 12.1 Å². The van der Waals surface area contributed by atoms with Gasteiger partial charge < -0.3 is 10.1 Å². The number of hydrogen-bond acceptors (Lipinski definition) is 2. The molecule has 0 aliphatic rings. The minimum Gasteiger partial charge on any atom is -0.494 e. The fourth-order valence-corrected chi connectivity index (χ4v) is 2.07. The lowest BCUT2D eigenvalue weighted by Gasteiger charge is -2.33. The third-order valence-electron chi connectivity index (χ3n) is 3.84. The van der Waals surface area contributed by atoms with E-state index in [-0.39, 0.29) is 5.54 Å². The summed E-state index contributed by atoms with van der Waals surface area (Å²) in [4.78, 5) is 0. The molecule has 1 N–H and O–H groups in total. The predicted molar refractivity (Wildman–Crippen MR) is 87.3 cm³/mol. The first-order chi connectivity index (χ1) is 9.35. The molecule has 1 rings (SSSR count). The zero-order chi connectivity index (χ0) is 15.1. The SMILES string of the molecule is CCC(C)(CCCOc1ccccc1)CNC(C)(C)C. The van der Waals surface area contributed by atoms with Gasteiger partial charge in [-0.05, 0) is 57.6 Å². The summed E-state index contributed by atoms with van der Waals surface area (Å²) in [5.74, 6) is 0.971. The van der Waals surface area contributed by atoms with Crippen LogP contribution in [0.25, 0.3) is 0 Å².